The number of para-hydroxylation sites is 1. The molecule has 2 aromatic carbocycles. The van der Waals surface area contributed by atoms with Gasteiger partial charge in [0.2, 0.25) is 0 Å². The SMILES string of the molecule is CCOC(=O)C1=C(C)N=c2s/c(=C\c3ccccc3OCC#N)c(=O)n2[C@@H]1c1cccc(OC)c1. The fraction of sp³-hybridized carbons (Fsp3) is 0.231. The summed E-state index contributed by atoms with van der Waals surface area (Å²) in [5, 5.41) is 8.87. The van der Waals surface area contributed by atoms with Gasteiger partial charge in [0.1, 0.15) is 17.6 Å². The van der Waals surface area contributed by atoms with E-state index in [9.17, 15) is 9.59 Å². The molecule has 8 nitrogen and oxygen atoms in total. The van der Waals surface area contributed by atoms with Gasteiger partial charge in [-0.1, -0.05) is 41.7 Å². The number of allylic oxidation sites excluding steroid dienone is 1. The number of carbonyl (C=O) groups is 1. The lowest BCUT2D eigenvalue weighted by atomic mass is 9.95. The predicted molar refractivity (Wildman–Crippen MR) is 131 cm³/mol. The number of aromatic nitrogens is 1. The monoisotopic (exact) mass is 489 g/mol. The molecule has 1 aromatic heterocycles. The van der Waals surface area contributed by atoms with Crippen LogP contribution in [0.25, 0.3) is 6.08 Å². The summed E-state index contributed by atoms with van der Waals surface area (Å²) in [6.45, 7) is 3.56. The molecule has 0 bridgehead atoms. The van der Waals surface area contributed by atoms with E-state index in [0.717, 1.165) is 0 Å². The van der Waals surface area contributed by atoms with Crippen molar-refractivity contribution in [3.05, 3.63) is 90.6 Å². The van der Waals surface area contributed by atoms with Crippen LogP contribution in [0, 0.1) is 11.3 Å². The second-order valence-electron chi connectivity index (χ2n) is 7.56. The minimum absolute atomic E-state index is 0.107. The first-order valence-electron chi connectivity index (χ1n) is 10.9. The van der Waals surface area contributed by atoms with Crippen LogP contribution in [0.1, 0.15) is 31.0 Å². The zero-order chi connectivity index (χ0) is 24.9. The molecule has 1 aliphatic rings. The minimum Gasteiger partial charge on any atom is -0.497 e. The number of carbonyl (C=O) groups excluding carboxylic acids is 1. The molecule has 3 aromatic rings. The molecular weight excluding hydrogens is 466 g/mol. The van der Waals surface area contributed by atoms with Gasteiger partial charge in [0.05, 0.1) is 35.6 Å². The summed E-state index contributed by atoms with van der Waals surface area (Å²) >= 11 is 1.22. The van der Waals surface area contributed by atoms with Crippen LogP contribution < -0.4 is 24.4 Å². The molecule has 35 heavy (non-hydrogen) atoms. The Labute approximate surface area is 205 Å². The number of nitriles is 1. The second-order valence-corrected chi connectivity index (χ2v) is 8.57. The van der Waals surface area contributed by atoms with E-state index in [1.54, 1.807) is 57.4 Å². The summed E-state index contributed by atoms with van der Waals surface area (Å²) < 4.78 is 18.1. The number of ether oxygens (including phenoxy) is 3. The summed E-state index contributed by atoms with van der Waals surface area (Å²) in [7, 11) is 1.56. The van der Waals surface area contributed by atoms with Crippen LogP contribution in [0.5, 0.6) is 11.5 Å². The topological polar surface area (TPSA) is 103 Å². The standard InChI is InChI=1S/C26H23N3O5S/c1-4-33-25(31)22-16(2)28-26-29(23(22)18-9-7-10-19(14-18)32-3)24(30)21(35-26)15-17-8-5-6-11-20(17)34-13-12-27/h5-11,14-15,23H,4,13H2,1-3H3/b21-15-/t23-/m1/s1. The third kappa shape index (κ3) is 4.74. The number of benzene rings is 2. The van der Waals surface area contributed by atoms with Gasteiger partial charge in [-0.2, -0.15) is 5.26 Å². The molecule has 0 radical (unpaired) electrons. The van der Waals surface area contributed by atoms with E-state index in [-0.39, 0.29) is 18.8 Å². The maximum Gasteiger partial charge on any atom is 0.338 e. The molecule has 2 heterocycles. The van der Waals surface area contributed by atoms with E-state index in [4.69, 9.17) is 19.5 Å². The molecule has 0 fully saturated rings. The molecule has 0 saturated carbocycles. The van der Waals surface area contributed by atoms with Crippen molar-refractivity contribution in [2.24, 2.45) is 4.99 Å². The Morgan fingerprint density at radius 2 is 2.06 bits per heavy atom. The number of hydrogen-bond donors (Lipinski definition) is 0. The van der Waals surface area contributed by atoms with Gasteiger partial charge < -0.3 is 14.2 Å². The highest BCUT2D eigenvalue weighted by Gasteiger charge is 2.33. The summed E-state index contributed by atoms with van der Waals surface area (Å²) in [4.78, 5) is 31.7. The molecule has 0 N–H and O–H groups in total. The van der Waals surface area contributed by atoms with E-state index >= 15 is 0 Å². The van der Waals surface area contributed by atoms with Crippen LogP contribution >= 0.6 is 11.3 Å². The Kier molecular flexibility index (Phi) is 7.13. The number of rotatable bonds is 7. The van der Waals surface area contributed by atoms with Crippen LogP contribution in [0.15, 0.2) is 69.6 Å². The lowest BCUT2D eigenvalue weighted by molar-refractivity contribution is -0.139. The van der Waals surface area contributed by atoms with Crippen LogP contribution in [0.3, 0.4) is 0 Å². The Balaban J connectivity index is 1.94. The van der Waals surface area contributed by atoms with Crippen LogP contribution in [0.2, 0.25) is 0 Å². The Morgan fingerprint density at radius 1 is 1.26 bits per heavy atom. The number of methoxy groups -OCH3 is 1. The van der Waals surface area contributed by atoms with E-state index in [1.165, 1.54) is 15.9 Å². The van der Waals surface area contributed by atoms with Crippen LogP contribution in [-0.4, -0.2) is 30.9 Å². The number of hydrogen-bond acceptors (Lipinski definition) is 8. The zero-order valence-corrected chi connectivity index (χ0v) is 20.3. The maximum absolute atomic E-state index is 13.7. The van der Waals surface area contributed by atoms with Gasteiger partial charge in [-0.05, 0) is 43.7 Å². The summed E-state index contributed by atoms with van der Waals surface area (Å²) in [5.74, 6) is 0.574. The van der Waals surface area contributed by atoms with Crippen molar-refractivity contribution < 1.29 is 19.0 Å². The number of esters is 1. The van der Waals surface area contributed by atoms with Gasteiger partial charge >= 0.3 is 5.97 Å². The van der Waals surface area contributed by atoms with Gasteiger partial charge in [0.15, 0.2) is 11.4 Å². The molecule has 9 heteroatoms. The van der Waals surface area contributed by atoms with Crippen molar-refractivity contribution in [2.45, 2.75) is 19.9 Å². The third-order valence-electron chi connectivity index (χ3n) is 5.42. The Hall–Kier alpha value is -4.16. The smallest absolute Gasteiger partial charge is 0.338 e. The molecular formula is C26H23N3O5S. The van der Waals surface area contributed by atoms with E-state index in [2.05, 4.69) is 4.99 Å². The average molecular weight is 490 g/mol. The lowest BCUT2D eigenvalue weighted by Gasteiger charge is -2.25. The van der Waals surface area contributed by atoms with Gasteiger partial charge in [-0.25, -0.2) is 9.79 Å². The first-order valence-corrected chi connectivity index (χ1v) is 11.7. The highest BCUT2D eigenvalue weighted by Crippen LogP contribution is 2.32. The quantitative estimate of drug-likeness (QED) is 0.473. The number of nitrogens with zero attached hydrogens (tertiary/aromatic N) is 3. The van der Waals surface area contributed by atoms with Crippen molar-refractivity contribution >= 4 is 23.4 Å². The Bertz CT molecular complexity index is 1530. The molecule has 0 saturated heterocycles. The second kappa shape index (κ2) is 10.4. The highest BCUT2D eigenvalue weighted by molar-refractivity contribution is 7.07. The van der Waals surface area contributed by atoms with Gasteiger partial charge in [0.25, 0.3) is 5.56 Å². The van der Waals surface area contributed by atoms with Crippen LogP contribution in [-0.2, 0) is 9.53 Å². The molecule has 1 atom stereocenters. The van der Waals surface area contributed by atoms with Gasteiger partial charge in [-0.3, -0.25) is 9.36 Å². The fourth-order valence-corrected chi connectivity index (χ4v) is 4.94. The van der Waals surface area contributed by atoms with E-state index < -0.39 is 12.0 Å². The highest BCUT2D eigenvalue weighted by atomic mass is 32.1. The molecule has 1 aliphatic heterocycles. The largest absolute Gasteiger partial charge is 0.497 e. The third-order valence-corrected chi connectivity index (χ3v) is 6.41. The normalized spacial score (nSPS) is 15.1. The fourth-order valence-electron chi connectivity index (χ4n) is 3.90. The molecule has 4 rings (SSSR count). The van der Waals surface area contributed by atoms with Crippen molar-refractivity contribution in [3.63, 3.8) is 0 Å². The first-order chi connectivity index (χ1) is 17.0. The zero-order valence-electron chi connectivity index (χ0n) is 19.5. The molecule has 0 unspecified atom stereocenters. The molecule has 178 valence electrons. The predicted octanol–water partition coefficient (Wildman–Crippen LogP) is 2.71. The van der Waals surface area contributed by atoms with Gasteiger partial charge in [-0.15, -0.1) is 0 Å². The lowest BCUT2D eigenvalue weighted by Crippen LogP contribution is -2.39. The summed E-state index contributed by atoms with van der Waals surface area (Å²) in [6.07, 6.45) is 1.71. The van der Waals surface area contributed by atoms with Crippen molar-refractivity contribution in [3.8, 4) is 17.6 Å². The van der Waals surface area contributed by atoms with Crippen LogP contribution in [0.4, 0.5) is 0 Å². The van der Waals surface area contributed by atoms with Crippen molar-refractivity contribution in [1.82, 2.24) is 4.57 Å². The van der Waals surface area contributed by atoms with E-state index in [1.807, 2.05) is 24.3 Å². The van der Waals surface area contributed by atoms with E-state index in [0.29, 0.717) is 43.2 Å². The molecule has 0 spiro atoms. The minimum atomic E-state index is -0.729. The maximum atomic E-state index is 13.7. The molecule has 0 amide bonds. The molecule has 0 aliphatic carbocycles. The Morgan fingerprint density at radius 3 is 2.80 bits per heavy atom. The summed E-state index contributed by atoms with van der Waals surface area (Å²) in [5.41, 5.74) is 1.85. The van der Waals surface area contributed by atoms with Crippen molar-refractivity contribution in [2.75, 3.05) is 20.3 Å². The number of thiazole rings is 1. The average Bonchev–Trinajstić information content (AvgIpc) is 3.17. The van der Waals surface area contributed by atoms with Gasteiger partial charge in [0, 0.05) is 5.56 Å². The van der Waals surface area contributed by atoms with Crippen molar-refractivity contribution in [1.29, 1.82) is 5.26 Å². The first kappa shape index (κ1) is 24.0. The number of fused-ring (bicyclic) bond motifs is 1. The summed E-state index contributed by atoms with van der Waals surface area (Å²) in [6, 6.07) is 15.6.